The fourth-order valence-corrected chi connectivity index (χ4v) is 6.09. The van der Waals surface area contributed by atoms with Crippen molar-refractivity contribution in [1.29, 1.82) is 0 Å². The molecule has 3 aromatic carbocycles. The quantitative estimate of drug-likeness (QED) is 0.302. The van der Waals surface area contributed by atoms with Crippen molar-refractivity contribution in [3.05, 3.63) is 107 Å². The second kappa shape index (κ2) is 8.41. The lowest BCUT2D eigenvalue weighted by molar-refractivity contribution is -0.118. The maximum absolute atomic E-state index is 13.2. The van der Waals surface area contributed by atoms with Gasteiger partial charge in [-0.3, -0.25) is 4.79 Å². The first kappa shape index (κ1) is 23.4. The largest absolute Gasteiger partial charge is 0.477 e. The Morgan fingerprint density at radius 1 is 1.05 bits per heavy atom. The molecular weight excluding hydrogens is 514 g/mol. The van der Waals surface area contributed by atoms with Crippen molar-refractivity contribution in [2.24, 2.45) is 7.05 Å². The maximum atomic E-state index is 13.2. The molecule has 5 aromatic rings. The van der Waals surface area contributed by atoms with Gasteiger partial charge in [-0.05, 0) is 64.6 Å². The van der Waals surface area contributed by atoms with Gasteiger partial charge in [0.1, 0.15) is 18.3 Å². The maximum Gasteiger partial charge on any atom is 0.352 e. The van der Waals surface area contributed by atoms with Crippen LogP contribution in [0.4, 0.5) is 5.69 Å². The van der Waals surface area contributed by atoms with Crippen LogP contribution in [0.2, 0.25) is 5.02 Å². The van der Waals surface area contributed by atoms with Crippen LogP contribution >= 0.6 is 11.6 Å². The number of aromatic nitrogens is 4. The van der Waals surface area contributed by atoms with Gasteiger partial charge in [-0.1, -0.05) is 48.0 Å². The first-order valence-electron chi connectivity index (χ1n) is 12.5. The Labute approximate surface area is 228 Å². The number of carboxylic acids is 1. The summed E-state index contributed by atoms with van der Waals surface area (Å²) in [4.78, 5) is 28.7. The van der Waals surface area contributed by atoms with Crippen molar-refractivity contribution in [3.63, 3.8) is 0 Å². The minimum Gasteiger partial charge on any atom is -0.477 e. The van der Waals surface area contributed by atoms with Gasteiger partial charge in [-0.2, -0.15) is 5.10 Å². The van der Waals surface area contributed by atoms with Crippen LogP contribution in [0.15, 0.2) is 85.6 Å². The van der Waals surface area contributed by atoms with E-state index in [1.807, 2.05) is 54.7 Å². The van der Waals surface area contributed by atoms with Gasteiger partial charge < -0.3 is 15.0 Å². The van der Waals surface area contributed by atoms with Crippen molar-refractivity contribution >= 4 is 29.2 Å². The van der Waals surface area contributed by atoms with Crippen LogP contribution < -0.4 is 5.32 Å². The summed E-state index contributed by atoms with van der Waals surface area (Å²) in [6, 6.07) is 21.8. The molecular formula is C30H22ClN5O3. The second-order valence-corrected chi connectivity index (χ2v) is 10.5. The van der Waals surface area contributed by atoms with Crippen LogP contribution in [-0.4, -0.2) is 36.3 Å². The topological polar surface area (TPSA) is 102 Å². The van der Waals surface area contributed by atoms with Gasteiger partial charge in [0.15, 0.2) is 0 Å². The molecule has 2 atom stereocenters. The van der Waals surface area contributed by atoms with Gasteiger partial charge >= 0.3 is 5.97 Å². The van der Waals surface area contributed by atoms with Crippen LogP contribution in [0, 0.1) is 0 Å². The highest BCUT2D eigenvalue weighted by Gasteiger charge is 2.65. The average Bonchev–Trinajstić information content (AvgIpc) is 3.20. The van der Waals surface area contributed by atoms with E-state index >= 15 is 0 Å². The molecule has 1 saturated carbocycles. The van der Waals surface area contributed by atoms with E-state index in [4.69, 9.17) is 11.6 Å². The van der Waals surface area contributed by atoms with Crippen LogP contribution in [0.25, 0.3) is 27.9 Å². The molecule has 1 aliphatic heterocycles. The number of amides is 1. The molecule has 0 radical (unpaired) electrons. The third-order valence-corrected chi connectivity index (χ3v) is 8.24. The first-order valence-corrected chi connectivity index (χ1v) is 12.8. The van der Waals surface area contributed by atoms with Crippen molar-refractivity contribution in [3.8, 4) is 27.9 Å². The molecule has 2 aromatic heterocycles. The molecule has 7 rings (SSSR count). The lowest BCUT2D eigenvalue weighted by Gasteiger charge is -2.12. The predicted molar refractivity (Wildman–Crippen MR) is 147 cm³/mol. The van der Waals surface area contributed by atoms with Crippen molar-refractivity contribution in [2.45, 2.75) is 17.8 Å². The lowest BCUT2D eigenvalue weighted by atomic mass is 9.90. The molecule has 1 fully saturated rings. The molecule has 192 valence electrons. The van der Waals surface area contributed by atoms with E-state index in [0.717, 1.165) is 44.8 Å². The SMILES string of the molecule is Cn1cc(C2CC23C(=O)Nc2cc(Cl)c(-c4ccc(-c5ccc(-n6cncn6)cc5)cc4)cc23)cc1C(=O)O. The van der Waals surface area contributed by atoms with Crippen LogP contribution in [0.3, 0.4) is 0 Å². The monoisotopic (exact) mass is 535 g/mol. The number of fused-ring (bicyclic) bond motifs is 2. The number of rotatable bonds is 5. The predicted octanol–water partition coefficient (Wildman–Crippen LogP) is 5.67. The third-order valence-electron chi connectivity index (χ3n) is 7.93. The van der Waals surface area contributed by atoms with Crippen LogP contribution in [0.5, 0.6) is 0 Å². The summed E-state index contributed by atoms with van der Waals surface area (Å²) in [5.41, 5.74) is 6.85. The standard InChI is InChI=1S/C30H22ClN5O3/c1-35-14-20(10-27(35)28(37)38)24-13-30(24)23-11-22(25(31)12-26(23)34-29(30)39)19-4-2-17(3-5-19)18-6-8-21(9-7-18)36-16-32-15-33-36/h2-12,14-16,24H,13H2,1H3,(H,34,39)(H,37,38). The van der Waals surface area contributed by atoms with Gasteiger partial charge in [-0.25, -0.2) is 14.5 Å². The molecule has 9 heteroatoms. The molecule has 39 heavy (non-hydrogen) atoms. The molecule has 2 N–H and O–H groups in total. The van der Waals surface area contributed by atoms with Crippen molar-refractivity contribution in [2.75, 3.05) is 5.32 Å². The van der Waals surface area contributed by atoms with E-state index in [1.54, 1.807) is 28.7 Å². The van der Waals surface area contributed by atoms with E-state index in [-0.39, 0.29) is 17.5 Å². The highest BCUT2D eigenvalue weighted by atomic mass is 35.5. The Kier molecular flexibility index (Phi) is 5.05. The van der Waals surface area contributed by atoms with E-state index < -0.39 is 11.4 Å². The highest BCUT2D eigenvalue weighted by molar-refractivity contribution is 6.34. The Hall–Kier alpha value is -4.69. The fourth-order valence-electron chi connectivity index (χ4n) is 5.82. The summed E-state index contributed by atoms with van der Waals surface area (Å²) in [6.45, 7) is 0. The number of benzene rings is 3. The van der Waals surface area contributed by atoms with Gasteiger partial charge in [0.2, 0.25) is 5.91 Å². The van der Waals surface area contributed by atoms with Gasteiger partial charge in [0.25, 0.3) is 0 Å². The molecule has 2 unspecified atom stereocenters. The summed E-state index contributed by atoms with van der Waals surface area (Å²) < 4.78 is 3.30. The van der Waals surface area contributed by atoms with Crippen molar-refractivity contribution < 1.29 is 14.7 Å². The average molecular weight is 536 g/mol. The van der Waals surface area contributed by atoms with E-state index in [0.29, 0.717) is 11.4 Å². The molecule has 1 aliphatic carbocycles. The number of nitrogens with zero attached hydrogens (tertiary/aromatic N) is 4. The van der Waals surface area contributed by atoms with Crippen molar-refractivity contribution in [1.82, 2.24) is 19.3 Å². The summed E-state index contributed by atoms with van der Waals surface area (Å²) in [6.07, 6.45) is 5.60. The molecule has 8 nitrogen and oxygen atoms in total. The van der Waals surface area contributed by atoms with E-state index in [2.05, 4.69) is 27.5 Å². The summed E-state index contributed by atoms with van der Waals surface area (Å²) in [5, 5.41) is 17.2. The Morgan fingerprint density at radius 3 is 2.38 bits per heavy atom. The number of halogens is 1. The summed E-state index contributed by atoms with van der Waals surface area (Å²) in [7, 11) is 1.71. The highest BCUT2D eigenvalue weighted by Crippen LogP contribution is 2.65. The number of hydrogen-bond acceptors (Lipinski definition) is 4. The second-order valence-electron chi connectivity index (χ2n) is 10.1. The van der Waals surface area contributed by atoms with Gasteiger partial charge in [0.05, 0.1) is 16.1 Å². The third kappa shape index (κ3) is 3.59. The Balaban J connectivity index is 1.20. The summed E-state index contributed by atoms with van der Waals surface area (Å²) >= 11 is 6.71. The zero-order chi connectivity index (χ0) is 26.9. The van der Waals surface area contributed by atoms with E-state index in [9.17, 15) is 14.7 Å². The molecule has 0 bridgehead atoms. The number of carbonyl (C=O) groups excluding carboxylic acids is 1. The van der Waals surface area contributed by atoms with Gasteiger partial charge in [0, 0.05) is 30.4 Å². The normalized spacial score (nSPS) is 19.2. The number of aromatic carboxylic acids is 1. The molecule has 3 heterocycles. The molecule has 0 saturated heterocycles. The molecule has 1 spiro atoms. The number of carbonyl (C=O) groups is 2. The smallest absolute Gasteiger partial charge is 0.352 e. The Morgan fingerprint density at radius 2 is 1.74 bits per heavy atom. The lowest BCUT2D eigenvalue weighted by Crippen LogP contribution is -2.20. The first-order chi connectivity index (χ1) is 18.8. The number of nitrogens with one attached hydrogen (secondary N) is 1. The van der Waals surface area contributed by atoms with E-state index in [1.165, 1.54) is 6.33 Å². The summed E-state index contributed by atoms with van der Waals surface area (Å²) in [5.74, 6) is -1.14. The fraction of sp³-hybridized carbons (Fsp3) is 0.133. The number of anilines is 1. The van der Waals surface area contributed by atoms with Crippen LogP contribution in [0.1, 0.15) is 34.0 Å². The number of carboxylic acid groups (broad SMARTS) is 1. The zero-order valence-electron chi connectivity index (χ0n) is 20.8. The minimum absolute atomic E-state index is 0.0684. The van der Waals surface area contributed by atoms with Crippen LogP contribution in [-0.2, 0) is 17.3 Å². The minimum atomic E-state index is -0.988. The molecule has 1 amide bonds. The molecule has 2 aliphatic rings. The zero-order valence-corrected chi connectivity index (χ0v) is 21.6. The van der Waals surface area contributed by atoms with Gasteiger partial charge in [-0.15, -0.1) is 0 Å². The Bertz CT molecular complexity index is 1770. The number of hydrogen-bond donors (Lipinski definition) is 2. The number of aryl methyl sites for hydroxylation is 1.